The third kappa shape index (κ3) is 4.38. The minimum atomic E-state index is -0.985. The zero-order chi connectivity index (χ0) is 15.4. The van der Waals surface area contributed by atoms with Gasteiger partial charge in [-0.2, -0.15) is 0 Å². The number of anilines is 1. The minimum absolute atomic E-state index is 0.235. The van der Waals surface area contributed by atoms with Crippen LogP contribution < -0.4 is 5.32 Å². The van der Waals surface area contributed by atoms with Gasteiger partial charge < -0.3 is 10.2 Å². The van der Waals surface area contributed by atoms with E-state index in [1.54, 1.807) is 6.92 Å². The van der Waals surface area contributed by atoms with Crippen LogP contribution in [0.5, 0.6) is 0 Å². The van der Waals surface area contributed by atoms with E-state index in [2.05, 4.69) is 10.2 Å². The maximum Gasteiger partial charge on any atom is 0.237 e. The van der Waals surface area contributed by atoms with E-state index >= 15 is 0 Å². The second-order valence-corrected chi connectivity index (χ2v) is 6.81. The molecule has 1 atom stereocenters. The first kappa shape index (κ1) is 16.2. The van der Waals surface area contributed by atoms with E-state index in [-0.39, 0.29) is 11.6 Å². The smallest absolute Gasteiger partial charge is 0.237 e. The molecule has 0 spiro atoms. The fraction of sp³-hybridized carbons (Fsp3) is 0.429. The van der Waals surface area contributed by atoms with E-state index in [1.165, 1.54) is 17.8 Å². The maximum absolute atomic E-state index is 13.1. The summed E-state index contributed by atoms with van der Waals surface area (Å²) >= 11 is 6.62. The van der Waals surface area contributed by atoms with Crippen LogP contribution in [0.25, 0.3) is 0 Å². The molecule has 1 aromatic rings. The van der Waals surface area contributed by atoms with Crippen LogP contribution in [0.3, 0.4) is 0 Å². The molecule has 1 aliphatic rings. The molecule has 1 saturated heterocycles. The third-order valence-corrected chi connectivity index (χ3v) is 4.77. The van der Waals surface area contributed by atoms with Gasteiger partial charge in [0.1, 0.15) is 4.32 Å². The largest absolute Gasteiger partial charge is 0.358 e. The van der Waals surface area contributed by atoms with E-state index in [0.29, 0.717) is 4.32 Å². The molecule has 0 saturated carbocycles. The number of carbonyl (C=O) groups is 1. The average molecular weight is 330 g/mol. The number of nitrogens with zero attached hydrogens (tertiary/aromatic N) is 1. The zero-order valence-corrected chi connectivity index (χ0v) is 13.2. The van der Waals surface area contributed by atoms with E-state index in [0.717, 1.165) is 38.1 Å². The topological polar surface area (TPSA) is 32.3 Å². The number of thiocarbonyl (C=S) groups is 1. The van der Waals surface area contributed by atoms with Crippen molar-refractivity contribution in [3.8, 4) is 0 Å². The molecule has 114 valence electrons. The second kappa shape index (κ2) is 7.17. The molecule has 0 radical (unpaired) electrons. The van der Waals surface area contributed by atoms with Crippen molar-refractivity contribution in [2.24, 2.45) is 0 Å². The Morgan fingerprint density at radius 2 is 2.00 bits per heavy atom. The highest BCUT2D eigenvalue weighted by Crippen LogP contribution is 2.22. The van der Waals surface area contributed by atoms with Crippen LogP contribution in [-0.2, 0) is 4.79 Å². The van der Waals surface area contributed by atoms with Gasteiger partial charge in [0.15, 0.2) is 11.6 Å². The highest BCUT2D eigenvalue weighted by molar-refractivity contribution is 8.23. The van der Waals surface area contributed by atoms with E-state index < -0.39 is 16.9 Å². The molecule has 1 aromatic carbocycles. The second-order valence-electron chi connectivity index (χ2n) is 4.84. The van der Waals surface area contributed by atoms with Crippen molar-refractivity contribution in [1.82, 2.24) is 4.90 Å². The van der Waals surface area contributed by atoms with Crippen molar-refractivity contribution in [2.45, 2.75) is 25.0 Å². The molecule has 0 bridgehead atoms. The summed E-state index contributed by atoms with van der Waals surface area (Å²) < 4.78 is 26.6. The molecule has 0 aliphatic carbocycles. The van der Waals surface area contributed by atoms with Gasteiger partial charge >= 0.3 is 0 Å². The van der Waals surface area contributed by atoms with Crippen LogP contribution in [0, 0.1) is 11.6 Å². The van der Waals surface area contributed by atoms with E-state index in [9.17, 15) is 13.6 Å². The molecule has 1 amide bonds. The first-order valence-electron chi connectivity index (χ1n) is 6.69. The Morgan fingerprint density at radius 3 is 2.62 bits per heavy atom. The molecule has 2 rings (SSSR count). The van der Waals surface area contributed by atoms with Gasteiger partial charge in [0.05, 0.1) is 5.25 Å². The summed E-state index contributed by atoms with van der Waals surface area (Å²) in [4.78, 5) is 14.1. The van der Waals surface area contributed by atoms with Crippen LogP contribution in [0.2, 0.25) is 0 Å². The molecule has 7 heteroatoms. The average Bonchev–Trinajstić information content (AvgIpc) is 2.97. The summed E-state index contributed by atoms with van der Waals surface area (Å²) in [6, 6.07) is 3.27. The molecule has 1 unspecified atom stereocenters. The number of thioether (sulfide) groups is 1. The van der Waals surface area contributed by atoms with Crippen molar-refractivity contribution in [2.75, 3.05) is 18.4 Å². The Morgan fingerprint density at radius 1 is 1.33 bits per heavy atom. The Labute approximate surface area is 132 Å². The molecular formula is C14H16F2N2OS2. The molecule has 3 nitrogen and oxygen atoms in total. The molecule has 1 fully saturated rings. The SMILES string of the molecule is CC(SC(=S)N1CCCC1)C(=O)Nc1ccc(F)c(F)c1. The van der Waals surface area contributed by atoms with E-state index in [4.69, 9.17) is 12.2 Å². The summed E-state index contributed by atoms with van der Waals surface area (Å²) in [5.41, 5.74) is 0.235. The normalized spacial score (nSPS) is 15.9. The van der Waals surface area contributed by atoms with Gasteiger partial charge in [-0.25, -0.2) is 8.78 Å². The number of likely N-dealkylation sites (tertiary alicyclic amines) is 1. The number of hydrogen-bond donors (Lipinski definition) is 1. The highest BCUT2D eigenvalue weighted by atomic mass is 32.2. The predicted octanol–water partition coefficient (Wildman–Crippen LogP) is 3.41. The van der Waals surface area contributed by atoms with Gasteiger partial charge in [-0.15, -0.1) is 0 Å². The number of halogens is 2. The van der Waals surface area contributed by atoms with Crippen LogP contribution >= 0.6 is 24.0 Å². The molecule has 21 heavy (non-hydrogen) atoms. The lowest BCUT2D eigenvalue weighted by Crippen LogP contribution is -2.29. The fourth-order valence-electron chi connectivity index (χ4n) is 2.00. The minimum Gasteiger partial charge on any atom is -0.358 e. The summed E-state index contributed by atoms with van der Waals surface area (Å²) in [6.07, 6.45) is 2.24. The predicted molar refractivity (Wildman–Crippen MR) is 85.4 cm³/mol. The van der Waals surface area contributed by atoms with Crippen molar-refractivity contribution in [1.29, 1.82) is 0 Å². The van der Waals surface area contributed by atoms with Crippen LogP contribution in [0.1, 0.15) is 19.8 Å². The van der Waals surface area contributed by atoms with Crippen LogP contribution in [0.15, 0.2) is 18.2 Å². The van der Waals surface area contributed by atoms with Gasteiger partial charge in [0.2, 0.25) is 5.91 Å². The monoisotopic (exact) mass is 330 g/mol. The molecule has 1 N–H and O–H groups in total. The first-order chi connectivity index (χ1) is 9.97. The maximum atomic E-state index is 13.1. The number of rotatable bonds is 3. The van der Waals surface area contributed by atoms with Gasteiger partial charge in [-0.05, 0) is 31.9 Å². The van der Waals surface area contributed by atoms with Crippen LogP contribution in [0.4, 0.5) is 14.5 Å². The summed E-state index contributed by atoms with van der Waals surface area (Å²) in [6.45, 7) is 3.61. The molecule has 1 aliphatic heterocycles. The fourth-order valence-corrected chi connectivity index (χ4v) is 3.41. The van der Waals surface area contributed by atoms with Crippen molar-refractivity contribution in [3.05, 3.63) is 29.8 Å². The van der Waals surface area contributed by atoms with Gasteiger partial charge in [0, 0.05) is 24.8 Å². The van der Waals surface area contributed by atoms with Gasteiger partial charge in [-0.3, -0.25) is 4.79 Å². The Kier molecular flexibility index (Phi) is 5.52. The molecule has 1 heterocycles. The van der Waals surface area contributed by atoms with E-state index in [1.807, 2.05) is 0 Å². The number of hydrogen-bond acceptors (Lipinski definition) is 3. The summed E-state index contributed by atoms with van der Waals surface area (Å²) in [5, 5.41) is 2.16. The van der Waals surface area contributed by atoms with Crippen molar-refractivity contribution < 1.29 is 13.6 Å². The molecular weight excluding hydrogens is 314 g/mol. The number of amides is 1. The lowest BCUT2D eigenvalue weighted by molar-refractivity contribution is -0.115. The number of carbonyl (C=O) groups excluding carboxylic acids is 1. The summed E-state index contributed by atoms with van der Waals surface area (Å²) in [5.74, 6) is -2.21. The van der Waals surface area contributed by atoms with Crippen molar-refractivity contribution in [3.63, 3.8) is 0 Å². The lowest BCUT2D eigenvalue weighted by Gasteiger charge is -2.20. The van der Waals surface area contributed by atoms with Crippen LogP contribution in [-0.4, -0.2) is 33.5 Å². The Bertz CT molecular complexity index is 548. The van der Waals surface area contributed by atoms with Gasteiger partial charge in [-0.1, -0.05) is 24.0 Å². The first-order valence-corrected chi connectivity index (χ1v) is 7.97. The summed E-state index contributed by atoms with van der Waals surface area (Å²) in [7, 11) is 0. The number of benzene rings is 1. The quantitative estimate of drug-likeness (QED) is 0.861. The molecule has 0 aromatic heterocycles. The number of nitrogens with one attached hydrogen (secondary N) is 1. The Balaban J connectivity index is 1.89. The highest BCUT2D eigenvalue weighted by Gasteiger charge is 2.21. The lowest BCUT2D eigenvalue weighted by atomic mass is 10.3. The van der Waals surface area contributed by atoms with Crippen molar-refractivity contribution >= 4 is 39.9 Å². The Hall–Kier alpha value is -1.21. The standard InChI is InChI=1S/C14H16F2N2OS2/c1-9(21-14(20)18-6-2-3-7-18)13(19)17-10-4-5-11(15)12(16)8-10/h4-5,8-9H,2-3,6-7H2,1H3,(H,17,19). The zero-order valence-electron chi connectivity index (χ0n) is 11.6. The third-order valence-electron chi connectivity index (χ3n) is 3.20. The van der Waals surface area contributed by atoms with Gasteiger partial charge in [0.25, 0.3) is 0 Å².